The molecule has 0 spiro atoms. The first-order valence-electron chi connectivity index (χ1n) is 7.63. The van der Waals surface area contributed by atoms with Gasteiger partial charge in [-0.25, -0.2) is 4.39 Å². The molecule has 0 saturated carbocycles. The molecule has 1 amide bonds. The summed E-state index contributed by atoms with van der Waals surface area (Å²) < 4.78 is 18.2. The first-order chi connectivity index (χ1) is 11.1. The van der Waals surface area contributed by atoms with Gasteiger partial charge < -0.3 is 20.3 Å². The smallest absolute Gasteiger partial charge is 0.243 e. The molecule has 6 nitrogen and oxygen atoms in total. The number of guanidine groups is 1. The summed E-state index contributed by atoms with van der Waals surface area (Å²) in [4.78, 5) is 18.1. The van der Waals surface area contributed by atoms with E-state index in [1.54, 1.807) is 7.05 Å². The van der Waals surface area contributed by atoms with E-state index in [0.717, 1.165) is 26.2 Å². The Balaban J connectivity index is 1.77. The van der Waals surface area contributed by atoms with Crippen LogP contribution in [0.25, 0.3) is 0 Å². The molecule has 0 bridgehead atoms. The van der Waals surface area contributed by atoms with Crippen molar-refractivity contribution < 1.29 is 13.9 Å². The van der Waals surface area contributed by atoms with Gasteiger partial charge in [-0.05, 0) is 30.7 Å². The quantitative estimate of drug-likeness (QED) is 0.634. The summed E-state index contributed by atoms with van der Waals surface area (Å²) in [5.41, 5.74) is 0.560. The number of carbonyl (C=O) groups excluding carboxylic acids is 1. The molecule has 1 fully saturated rings. The molecule has 1 aromatic rings. The molecule has 0 radical (unpaired) electrons. The van der Waals surface area contributed by atoms with E-state index in [1.807, 2.05) is 11.9 Å². The molecule has 1 unspecified atom stereocenters. The lowest BCUT2D eigenvalue weighted by molar-refractivity contribution is -0.115. The lowest BCUT2D eigenvalue weighted by atomic mass is 10.1. The van der Waals surface area contributed by atoms with Crippen molar-refractivity contribution in [2.24, 2.45) is 10.9 Å². The van der Waals surface area contributed by atoms with Gasteiger partial charge in [-0.3, -0.25) is 9.79 Å². The van der Waals surface area contributed by atoms with E-state index in [0.29, 0.717) is 17.6 Å². The molecule has 1 saturated heterocycles. The van der Waals surface area contributed by atoms with Crippen molar-refractivity contribution in [3.05, 3.63) is 30.1 Å². The highest BCUT2D eigenvalue weighted by atomic mass is 19.1. The second-order valence-corrected chi connectivity index (χ2v) is 5.57. The Labute approximate surface area is 135 Å². The van der Waals surface area contributed by atoms with Crippen LogP contribution >= 0.6 is 0 Å². The zero-order chi connectivity index (χ0) is 16.7. The summed E-state index contributed by atoms with van der Waals surface area (Å²) in [6.45, 7) is 2.51. The summed E-state index contributed by atoms with van der Waals surface area (Å²) in [7, 11) is 3.62. The number of ether oxygens (including phenoxy) is 1. The van der Waals surface area contributed by atoms with Gasteiger partial charge >= 0.3 is 0 Å². The highest BCUT2D eigenvalue weighted by molar-refractivity contribution is 5.94. The van der Waals surface area contributed by atoms with Crippen LogP contribution in [0.5, 0.6) is 0 Å². The monoisotopic (exact) mass is 322 g/mol. The second-order valence-electron chi connectivity index (χ2n) is 5.57. The standard InChI is InChI=1S/C16H23FN4O2/c1-18-16(21(2)10-12-7-8-23-11-12)19-9-15(22)20-14-5-3-13(17)4-6-14/h3-6,12H,7-11H2,1-2H3,(H,18,19)(H,20,22). The predicted octanol–water partition coefficient (Wildman–Crippen LogP) is 1.31. The van der Waals surface area contributed by atoms with Crippen molar-refractivity contribution >= 4 is 17.6 Å². The number of nitrogens with zero attached hydrogens (tertiary/aromatic N) is 2. The van der Waals surface area contributed by atoms with E-state index in [1.165, 1.54) is 24.3 Å². The molecule has 1 heterocycles. The molecular weight excluding hydrogens is 299 g/mol. The summed E-state index contributed by atoms with van der Waals surface area (Å²) in [6.07, 6.45) is 1.05. The van der Waals surface area contributed by atoms with Crippen molar-refractivity contribution in [3.8, 4) is 0 Å². The number of hydrogen-bond acceptors (Lipinski definition) is 3. The summed E-state index contributed by atoms with van der Waals surface area (Å²) in [5, 5.41) is 5.72. The van der Waals surface area contributed by atoms with Gasteiger partial charge in [-0.2, -0.15) is 0 Å². The zero-order valence-corrected chi connectivity index (χ0v) is 13.5. The minimum absolute atomic E-state index is 0.0928. The van der Waals surface area contributed by atoms with E-state index < -0.39 is 0 Å². The molecule has 2 rings (SSSR count). The Hall–Kier alpha value is -2.15. The van der Waals surface area contributed by atoms with Crippen molar-refractivity contribution in [2.45, 2.75) is 6.42 Å². The van der Waals surface area contributed by atoms with Crippen LogP contribution in [-0.2, 0) is 9.53 Å². The van der Waals surface area contributed by atoms with Gasteiger partial charge in [-0.15, -0.1) is 0 Å². The topological polar surface area (TPSA) is 66.0 Å². The van der Waals surface area contributed by atoms with Crippen molar-refractivity contribution in [2.75, 3.05) is 45.7 Å². The number of amides is 1. The number of hydrogen-bond donors (Lipinski definition) is 2. The third kappa shape index (κ3) is 5.52. The van der Waals surface area contributed by atoms with Gasteiger partial charge in [0.2, 0.25) is 5.91 Å². The van der Waals surface area contributed by atoms with Crippen LogP contribution in [0.1, 0.15) is 6.42 Å². The van der Waals surface area contributed by atoms with E-state index in [9.17, 15) is 9.18 Å². The molecule has 0 aromatic heterocycles. The Morgan fingerprint density at radius 3 is 2.78 bits per heavy atom. The SMILES string of the molecule is CN=C(NCC(=O)Nc1ccc(F)cc1)N(C)CC1CCOC1. The van der Waals surface area contributed by atoms with E-state index >= 15 is 0 Å². The zero-order valence-electron chi connectivity index (χ0n) is 13.5. The van der Waals surface area contributed by atoms with Gasteiger partial charge in [0.15, 0.2) is 5.96 Å². The number of halogens is 1. The Kier molecular flexibility index (Phi) is 6.34. The summed E-state index contributed by atoms with van der Waals surface area (Å²) in [6, 6.07) is 5.65. The lowest BCUT2D eigenvalue weighted by Gasteiger charge is -2.24. The molecule has 1 aliphatic rings. The fourth-order valence-corrected chi connectivity index (χ4v) is 2.48. The predicted molar refractivity (Wildman–Crippen MR) is 87.9 cm³/mol. The van der Waals surface area contributed by atoms with Crippen LogP contribution in [0.15, 0.2) is 29.3 Å². The molecule has 1 aromatic carbocycles. The minimum atomic E-state index is -0.334. The number of benzene rings is 1. The Morgan fingerprint density at radius 1 is 1.43 bits per heavy atom. The molecule has 23 heavy (non-hydrogen) atoms. The maximum absolute atomic E-state index is 12.8. The van der Waals surface area contributed by atoms with Crippen molar-refractivity contribution in [1.82, 2.24) is 10.2 Å². The highest BCUT2D eigenvalue weighted by Gasteiger charge is 2.19. The summed E-state index contributed by atoms with van der Waals surface area (Å²) >= 11 is 0. The van der Waals surface area contributed by atoms with Crippen molar-refractivity contribution in [3.63, 3.8) is 0 Å². The maximum Gasteiger partial charge on any atom is 0.243 e. The lowest BCUT2D eigenvalue weighted by Crippen LogP contribution is -2.44. The van der Waals surface area contributed by atoms with Gasteiger partial charge in [0.25, 0.3) is 0 Å². The molecule has 1 aliphatic heterocycles. The number of rotatable bonds is 5. The van der Waals surface area contributed by atoms with Crippen LogP contribution in [-0.4, -0.2) is 57.2 Å². The van der Waals surface area contributed by atoms with E-state index in [2.05, 4.69) is 15.6 Å². The molecule has 126 valence electrons. The van der Waals surface area contributed by atoms with Gasteiger partial charge in [-0.1, -0.05) is 0 Å². The minimum Gasteiger partial charge on any atom is -0.381 e. The molecular formula is C16H23FN4O2. The molecule has 2 N–H and O–H groups in total. The third-order valence-corrected chi connectivity index (χ3v) is 3.66. The fraction of sp³-hybridized carbons (Fsp3) is 0.500. The summed E-state index contributed by atoms with van der Waals surface area (Å²) in [5.74, 6) is 0.604. The fourth-order valence-electron chi connectivity index (χ4n) is 2.48. The van der Waals surface area contributed by atoms with Gasteiger partial charge in [0.1, 0.15) is 5.82 Å². The van der Waals surface area contributed by atoms with Crippen LogP contribution in [0.2, 0.25) is 0 Å². The first-order valence-corrected chi connectivity index (χ1v) is 7.63. The van der Waals surface area contributed by atoms with Gasteiger partial charge in [0, 0.05) is 38.9 Å². The Bertz CT molecular complexity index is 542. The molecule has 7 heteroatoms. The molecule has 1 atom stereocenters. The van der Waals surface area contributed by atoms with Crippen LogP contribution < -0.4 is 10.6 Å². The Morgan fingerprint density at radius 2 is 2.17 bits per heavy atom. The average Bonchev–Trinajstić information content (AvgIpc) is 3.03. The first kappa shape index (κ1) is 17.2. The number of anilines is 1. The number of aliphatic imine (C=N–C) groups is 1. The molecule has 0 aliphatic carbocycles. The average molecular weight is 322 g/mol. The maximum atomic E-state index is 12.8. The van der Waals surface area contributed by atoms with Crippen LogP contribution in [0.3, 0.4) is 0 Å². The van der Waals surface area contributed by atoms with E-state index in [4.69, 9.17) is 4.74 Å². The largest absolute Gasteiger partial charge is 0.381 e. The number of carbonyl (C=O) groups is 1. The van der Waals surface area contributed by atoms with Gasteiger partial charge in [0.05, 0.1) is 13.2 Å². The van der Waals surface area contributed by atoms with Crippen LogP contribution in [0, 0.1) is 11.7 Å². The third-order valence-electron chi connectivity index (χ3n) is 3.66. The normalized spacial score (nSPS) is 17.9. The number of nitrogens with one attached hydrogen (secondary N) is 2. The van der Waals surface area contributed by atoms with E-state index in [-0.39, 0.29) is 18.3 Å². The van der Waals surface area contributed by atoms with Crippen LogP contribution in [0.4, 0.5) is 10.1 Å². The highest BCUT2D eigenvalue weighted by Crippen LogP contribution is 2.13. The second kappa shape index (κ2) is 8.47. The van der Waals surface area contributed by atoms with Crippen molar-refractivity contribution in [1.29, 1.82) is 0 Å².